The zero-order valence-electron chi connectivity index (χ0n) is 19.8. The van der Waals surface area contributed by atoms with Crippen molar-refractivity contribution < 1.29 is 13.2 Å². The number of nitrogens with one attached hydrogen (secondary N) is 2. The molecule has 0 aliphatic heterocycles. The molecule has 0 saturated carbocycles. The molecule has 0 unspecified atom stereocenters. The van der Waals surface area contributed by atoms with Crippen LogP contribution in [0.15, 0.2) is 113 Å². The Morgan fingerprint density at radius 2 is 1.46 bits per heavy atom. The lowest BCUT2D eigenvalue weighted by molar-refractivity contribution is 0.256. The Morgan fingerprint density at radius 3 is 2.16 bits per heavy atom. The fraction of sp³-hybridized carbons (Fsp3) is 0.0357. The number of fused-ring (bicyclic) bond motifs is 1. The summed E-state index contributed by atoms with van der Waals surface area (Å²) in [7, 11) is -4.16. The van der Waals surface area contributed by atoms with E-state index in [2.05, 4.69) is 5.32 Å². The van der Waals surface area contributed by atoms with Gasteiger partial charge >= 0.3 is 6.03 Å². The Labute approximate surface area is 213 Å². The number of hydrogen-bond donors (Lipinski definition) is 2. The van der Waals surface area contributed by atoms with Crippen molar-refractivity contribution in [3.63, 3.8) is 0 Å². The van der Waals surface area contributed by atoms with E-state index >= 15 is 0 Å². The maximum atomic E-state index is 13.5. The summed E-state index contributed by atoms with van der Waals surface area (Å²) in [4.78, 5) is 30.4. The van der Waals surface area contributed by atoms with E-state index in [0.29, 0.717) is 28.1 Å². The number of amides is 2. The summed E-state index contributed by atoms with van der Waals surface area (Å²) in [5.74, 6) is 0.426. The van der Waals surface area contributed by atoms with Crippen molar-refractivity contribution in [2.24, 2.45) is 0 Å². The highest BCUT2D eigenvalue weighted by Gasteiger charge is 2.19. The topological polar surface area (TPSA) is 110 Å². The van der Waals surface area contributed by atoms with Crippen LogP contribution in [0.2, 0.25) is 0 Å². The molecule has 9 heteroatoms. The van der Waals surface area contributed by atoms with E-state index in [1.807, 2.05) is 48.0 Å². The van der Waals surface area contributed by atoms with Crippen LogP contribution in [0, 0.1) is 6.92 Å². The van der Waals surface area contributed by atoms with Gasteiger partial charge in [-0.1, -0.05) is 60.2 Å². The highest BCUT2D eigenvalue weighted by Crippen LogP contribution is 2.23. The second kappa shape index (κ2) is 9.71. The quantitative estimate of drug-likeness (QED) is 0.351. The Morgan fingerprint density at radius 1 is 0.811 bits per heavy atom. The first-order valence-corrected chi connectivity index (χ1v) is 12.9. The Hall–Kier alpha value is -4.76. The molecule has 0 radical (unpaired) electrons. The van der Waals surface area contributed by atoms with Crippen molar-refractivity contribution in [1.29, 1.82) is 0 Å². The summed E-state index contributed by atoms with van der Waals surface area (Å²) in [6.45, 7) is 1.91. The average molecular weight is 511 g/mol. The van der Waals surface area contributed by atoms with Crippen molar-refractivity contribution >= 4 is 32.6 Å². The number of benzene rings is 4. The number of urea groups is 1. The number of hydrogen-bond acceptors (Lipinski definition) is 5. The molecule has 1 heterocycles. The molecule has 1 aromatic heterocycles. The molecule has 184 valence electrons. The van der Waals surface area contributed by atoms with Gasteiger partial charge in [-0.05, 0) is 55.5 Å². The summed E-state index contributed by atoms with van der Waals surface area (Å²) < 4.78 is 29.1. The minimum atomic E-state index is -4.16. The first-order valence-electron chi connectivity index (χ1n) is 11.4. The summed E-state index contributed by atoms with van der Waals surface area (Å²) >= 11 is 0. The van der Waals surface area contributed by atoms with Crippen LogP contribution < -0.4 is 15.6 Å². The largest absolute Gasteiger partial charge is 0.333 e. The second-order valence-corrected chi connectivity index (χ2v) is 10.1. The minimum absolute atomic E-state index is 0.127. The predicted molar refractivity (Wildman–Crippen MR) is 143 cm³/mol. The second-order valence-electron chi connectivity index (χ2n) is 8.38. The zero-order valence-corrected chi connectivity index (χ0v) is 20.6. The third-order valence-electron chi connectivity index (χ3n) is 5.75. The third kappa shape index (κ3) is 4.98. The summed E-state index contributed by atoms with van der Waals surface area (Å²) in [5, 5.41) is 2.94. The predicted octanol–water partition coefficient (Wildman–Crippen LogP) is 4.87. The molecule has 2 N–H and O–H groups in total. The fourth-order valence-electron chi connectivity index (χ4n) is 3.90. The number of aromatic nitrogens is 2. The van der Waals surface area contributed by atoms with E-state index in [-0.39, 0.29) is 10.5 Å². The third-order valence-corrected chi connectivity index (χ3v) is 7.10. The van der Waals surface area contributed by atoms with Crippen LogP contribution in [0.1, 0.15) is 5.56 Å². The molecule has 0 saturated heterocycles. The van der Waals surface area contributed by atoms with Gasteiger partial charge in [-0.15, -0.1) is 0 Å². The van der Waals surface area contributed by atoms with Gasteiger partial charge < -0.3 is 5.32 Å². The first-order chi connectivity index (χ1) is 17.8. The molecule has 37 heavy (non-hydrogen) atoms. The summed E-state index contributed by atoms with van der Waals surface area (Å²) in [6, 6.07) is 28.1. The van der Waals surface area contributed by atoms with Gasteiger partial charge in [-0.2, -0.15) is 0 Å². The van der Waals surface area contributed by atoms with Gasteiger partial charge in [-0.25, -0.2) is 22.9 Å². The van der Waals surface area contributed by atoms with Gasteiger partial charge in [0.1, 0.15) is 5.82 Å². The Bertz CT molecular complexity index is 1760. The van der Waals surface area contributed by atoms with Crippen molar-refractivity contribution in [2.75, 3.05) is 5.32 Å². The van der Waals surface area contributed by atoms with Crippen molar-refractivity contribution in [1.82, 2.24) is 14.3 Å². The maximum Gasteiger partial charge on any atom is 0.333 e. The number of rotatable bonds is 5. The molecular formula is C28H22N4O4S. The molecule has 0 spiro atoms. The van der Waals surface area contributed by atoms with Crippen LogP contribution in [-0.2, 0) is 10.0 Å². The molecule has 4 aromatic carbocycles. The van der Waals surface area contributed by atoms with E-state index in [1.165, 1.54) is 28.8 Å². The molecule has 0 bridgehead atoms. The first kappa shape index (κ1) is 24.0. The Kier molecular flexibility index (Phi) is 6.29. The van der Waals surface area contributed by atoms with E-state index < -0.39 is 16.1 Å². The summed E-state index contributed by atoms with van der Waals surface area (Å²) in [5.41, 5.74) is 2.92. The average Bonchev–Trinajstić information content (AvgIpc) is 2.90. The van der Waals surface area contributed by atoms with E-state index in [1.54, 1.807) is 42.5 Å². The molecule has 0 fully saturated rings. The molecular weight excluding hydrogens is 488 g/mol. The van der Waals surface area contributed by atoms with Crippen LogP contribution >= 0.6 is 0 Å². The van der Waals surface area contributed by atoms with E-state index in [9.17, 15) is 18.0 Å². The lowest BCUT2D eigenvalue weighted by atomic mass is 10.1. The number of carbonyl (C=O) groups is 1. The van der Waals surface area contributed by atoms with Gasteiger partial charge in [0, 0.05) is 11.3 Å². The monoisotopic (exact) mass is 510 g/mol. The molecule has 5 aromatic rings. The molecule has 5 rings (SSSR count). The Balaban J connectivity index is 1.48. The minimum Gasteiger partial charge on any atom is -0.307 e. The standard InChI is InChI=1S/C28H22N4O4S/c1-19-11-13-21(14-12-19)29-28(34)31-37(35,36)23-17-15-22(16-18-23)32-26(20-7-3-2-4-8-20)30-25-10-6-5-9-24(25)27(32)33/h2-18H,1H3,(H2,29,31,34). The van der Waals surface area contributed by atoms with Crippen LogP contribution in [0.5, 0.6) is 0 Å². The van der Waals surface area contributed by atoms with Gasteiger partial charge in [0.25, 0.3) is 15.6 Å². The van der Waals surface area contributed by atoms with Crippen LogP contribution in [0.25, 0.3) is 28.0 Å². The number of aryl methyl sites for hydroxylation is 1. The summed E-state index contributed by atoms with van der Waals surface area (Å²) in [6.07, 6.45) is 0. The van der Waals surface area contributed by atoms with Crippen LogP contribution in [0.3, 0.4) is 0 Å². The van der Waals surface area contributed by atoms with Gasteiger partial charge in [0.05, 0.1) is 21.5 Å². The van der Waals surface area contributed by atoms with Crippen LogP contribution in [-0.4, -0.2) is 24.0 Å². The van der Waals surface area contributed by atoms with Gasteiger partial charge in [0.15, 0.2) is 0 Å². The number of carbonyl (C=O) groups excluding carboxylic acids is 1. The zero-order chi connectivity index (χ0) is 26.0. The lowest BCUT2D eigenvalue weighted by Crippen LogP contribution is -2.34. The van der Waals surface area contributed by atoms with Crippen molar-refractivity contribution in [3.8, 4) is 17.1 Å². The number of anilines is 1. The van der Waals surface area contributed by atoms with Crippen LogP contribution in [0.4, 0.5) is 10.5 Å². The van der Waals surface area contributed by atoms with E-state index in [4.69, 9.17) is 4.98 Å². The highest BCUT2D eigenvalue weighted by molar-refractivity contribution is 7.90. The van der Waals surface area contributed by atoms with E-state index in [0.717, 1.165) is 11.1 Å². The normalized spacial score (nSPS) is 11.3. The molecule has 0 atom stereocenters. The van der Waals surface area contributed by atoms with Gasteiger partial charge in [-0.3, -0.25) is 9.36 Å². The lowest BCUT2D eigenvalue weighted by Gasteiger charge is -2.14. The van der Waals surface area contributed by atoms with Crippen molar-refractivity contribution in [2.45, 2.75) is 11.8 Å². The molecule has 0 aliphatic rings. The molecule has 0 aliphatic carbocycles. The number of sulfonamides is 1. The highest BCUT2D eigenvalue weighted by atomic mass is 32.2. The number of para-hydroxylation sites is 1. The SMILES string of the molecule is Cc1ccc(NC(=O)NS(=O)(=O)c2ccc(-n3c(-c4ccccc4)nc4ccccc4c3=O)cc2)cc1. The fourth-order valence-corrected chi connectivity index (χ4v) is 4.81. The number of nitrogens with zero attached hydrogens (tertiary/aromatic N) is 2. The smallest absolute Gasteiger partial charge is 0.307 e. The molecule has 8 nitrogen and oxygen atoms in total. The van der Waals surface area contributed by atoms with Crippen molar-refractivity contribution in [3.05, 3.63) is 119 Å². The molecule has 2 amide bonds. The van der Waals surface area contributed by atoms with Gasteiger partial charge in [0.2, 0.25) is 0 Å². The maximum absolute atomic E-state index is 13.5.